The van der Waals surface area contributed by atoms with E-state index in [2.05, 4.69) is 36.0 Å². The molecule has 194 valence electrons. The highest BCUT2D eigenvalue weighted by molar-refractivity contribution is 5.96. The van der Waals surface area contributed by atoms with Gasteiger partial charge >= 0.3 is 0 Å². The molecule has 1 atom stereocenters. The molecule has 0 saturated heterocycles. The molecule has 1 heterocycles. The Balaban J connectivity index is 2.18. The van der Waals surface area contributed by atoms with Gasteiger partial charge in [-0.3, -0.25) is 14.4 Å². The van der Waals surface area contributed by atoms with Gasteiger partial charge in [-0.15, -0.1) is 0 Å². The van der Waals surface area contributed by atoms with Crippen LogP contribution in [-0.2, 0) is 22.4 Å². The van der Waals surface area contributed by atoms with Gasteiger partial charge in [0.15, 0.2) is 17.3 Å². The first kappa shape index (κ1) is 28.3. The molecule has 1 unspecified atom stereocenters. The van der Waals surface area contributed by atoms with Gasteiger partial charge in [0.1, 0.15) is 6.04 Å². The summed E-state index contributed by atoms with van der Waals surface area (Å²) < 4.78 is 0. The Hall–Kier alpha value is -3.95. The fraction of sp³-hybridized carbons (Fsp3) is 0.423. The molecular formula is C26H37N7O3. The lowest BCUT2D eigenvalue weighted by Gasteiger charge is -2.25. The second-order valence-corrected chi connectivity index (χ2v) is 8.81. The van der Waals surface area contributed by atoms with E-state index >= 15 is 0 Å². The van der Waals surface area contributed by atoms with Crippen molar-refractivity contribution in [2.75, 3.05) is 30.9 Å². The van der Waals surface area contributed by atoms with E-state index in [1.54, 1.807) is 14.0 Å². The molecule has 0 saturated carbocycles. The Morgan fingerprint density at radius 1 is 1.17 bits per heavy atom. The first-order valence-electron chi connectivity index (χ1n) is 12.0. The molecule has 0 aliphatic carbocycles. The molecule has 0 fully saturated rings. The number of aryl methyl sites for hydroxylation is 1. The van der Waals surface area contributed by atoms with Crippen LogP contribution >= 0.6 is 0 Å². The molecule has 2 rings (SSSR count). The molecule has 36 heavy (non-hydrogen) atoms. The third-order valence-corrected chi connectivity index (χ3v) is 6.01. The van der Waals surface area contributed by atoms with Crippen molar-refractivity contribution in [3.8, 4) is 0 Å². The molecule has 3 amide bonds. The zero-order chi connectivity index (χ0) is 27.0. The van der Waals surface area contributed by atoms with Crippen molar-refractivity contribution in [2.45, 2.75) is 52.6 Å². The lowest BCUT2D eigenvalue weighted by Crippen LogP contribution is -2.45. The zero-order valence-corrected chi connectivity index (χ0v) is 22.0. The number of likely N-dealkylation sites (N-methyl/N-ethyl adjacent to an activating group) is 1. The number of carbonyl (C=O) groups is 3. The number of anilines is 3. The summed E-state index contributed by atoms with van der Waals surface area (Å²) in [5.41, 5.74) is 8.06. The topological polar surface area (TPSA) is 134 Å². The molecule has 2 aromatic rings. The molecule has 0 aliphatic heterocycles. The van der Waals surface area contributed by atoms with Crippen molar-refractivity contribution in [3.63, 3.8) is 0 Å². The molecule has 0 bridgehead atoms. The van der Waals surface area contributed by atoms with Gasteiger partial charge in [-0.05, 0) is 57.4 Å². The number of primary amides is 1. The van der Waals surface area contributed by atoms with Crippen molar-refractivity contribution < 1.29 is 14.4 Å². The second-order valence-electron chi connectivity index (χ2n) is 8.81. The number of nitrogens with two attached hydrogens (primary N) is 1. The highest BCUT2D eigenvalue weighted by Gasteiger charge is 2.21. The Morgan fingerprint density at radius 3 is 2.44 bits per heavy atom. The van der Waals surface area contributed by atoms with Crippen LogP contribution in [0.5, 0.6) is 0 Å². The molecule has 10 heteroatoms. The van der Waals surface area contributed by atoms with Crippen molar-refractivity contribution in [1.29, 1.82) is 0 Å². The van der Waals surface area contributed by atoms with Gasteiger partial charge in [0.05, 0.1) is 5.69 Å². The summed E-state index contributed by atoms with van der Waals surface area (Å²) in [5, 5.41) is 6.04. The number of nitrogens with zero attached hydrogens (tertiary/aromatic N) is 4. The summed E-state index contributed by atoms with van der Waals surface area (Å²) in [6.45, 7) is 11.6. The lowest BCUT2D eigenvalue weighted by atomic mass is 10.1. The molecule has 0 aliphatic rings. The van der Waals surface area contributed by atoms with Crippen molar-refractivity contribution in [1.82, 2.24) is 20.2 Å². The summed E-state index contributed by atoms with van der Waals surface area (Å²) >= 11 is 0. The maximum absolute atomic E-state index is 12.4. The summed E-state index contributed by atoms with van der Waals surface area (Å²) in [4.78, 5) is 48.8. The number of aromatic nitrogens is 2. The molecule has 0 radical (unpaired) electrons. The molecule has 4 N–H and O–H groups in total. The van der Waals surface area contributed by atoms with Gasteiger partial charge in [0, 0.05) is 32.4 Å². The summed E-state index contributed by atoms with van der Waals surface area (Å²) in [5.74, 6) is -0.249. The fourth-order valence-electron chi connectivity index (χ4n) is 3.41. The largest absolute Gasteiger partial charge is 0.364 e. The van der Waals surface area contributed by atoms with Crippen LogP contribution in [0.4, 0.5) is 17.3 Å². The van der Waals surface area contributed by atoms with Gasteiger partial charge < -0.3 is 26.2 Å². The predicted molar refractivity (Wildman–Crippen MR) is 142 cm³/mol. The van der Waals surface area contributed by atoms with Crippen LogP contribution < -0.4 is 21.3 Å². The number of hydrogen-bond acceptors (Lipinski definition) is 7. The van der Waals surface area contributed by atoms with E-state index in [1.165, 1.54) is 11.0 Å². The number of nitrogens with one attached hydrogen (secondary N) is 2. The Kier molecular flexibility index (Phi) is 9.95. The smallest absolute Gasteiger partial charge is 0.271 e. The van der Waals surface area contributed by atoms with Crippen molar-refractivity contribution in [3.05, 3.63) is 53.9 Å². The van der Waals surface area contributed by atoms with Gasteiger partial charge in [0.25, 0.3) is 5.91 Å². The normalized spacial score (nSPS) is 11.5. The standard InChI is InChI=1S/C26H37N7O3/c1-8-20-25(32(6)16(3)4)31-24(22(30-20)23(27)35)29-19-12-10-11-18(15-19)13-14-28-26(36)17(5)33(7)21(34)9-2/h9-12,15-17H,2,8,13-14H2,1,3-7H3,(H2,27,35)(H,28,36)(H,29,31). The summed E-state index contributed by atoms with van der Waals surface area (Å²) in [6.07, 6.45) is 2.35. The number of hydrogen-bond donors (Lipinski definition) is 3. The van der Waals surface area contributed by atoms with E-state index in [-0.39, 0.29) is 29.4 Å². The first-order chi connectivity index (χ1) is 17.0. The maximum atomic E-state index is 12.4. The SMILES string of the molecule is C=CC(=O)N(C)C(C)C(=O)NCCc1cccc(Nc2nc(N(C)C(C)C)c(CC)nc2C(N)=O)c1. The van der Waals surface area contributed by atoms with Crippen LogP contribution in [0, 0.1) is 0 Å². The molecule has 1 aromatic carbocycles. The lowest BCUT2D eigenvalue weighted by molar-refractivity contribution is -0.135. The average molecular weight is 496 g/mol. The van der Waals surface area contributed by atoms with E-state index in [4.69, 9.17) is 10.7 Å². The second kappa shape index (κ2) is 12.7. The molecule has 1 aromatic heterocycles. The molecule has 0 spiro atoms. The third-order valence-electron chi connectivity index (χ3n) is 6.01. The minimum absolute atomic E-state index is 0.0811. The van der Waals surface area contributed by atoms with E-state index in [0.717, 1.165) is 5.56 Å². The van der Waals surface area contributed by atoms with Gasteiger partial charge in [-0.1, -0.05) is 25.6 Å². The zero-order valence-electron chi connectivity index (χ0n) is 22.0. The number of rotatable bonds is 12. The monoisotopic (exact) mass is 495 g/mol. The fourth-order valence-corrected chi connectivity index (χ4v) is 3.41. The maximum Gasteiger partial charge on any atom is 0.271 e. The number of benzene rings is 1. The van der Waals surface area contributed by atoms with Gasteiger partial charge in [-0.2, -0.15) is 0 Å². The van der Waals surface area contributed by atoms with Crippen LogP contribution in [0.15, 0.2) is 36.9 Å². The predicted octanol–water partition coefficient (Wildman–Crippen LogP) is 2.42. The van der Waals surface area contributed by atoms with Crippen LogP contribution in [0.2, 0.25) is 0 Å². The van der Waals surface area contributed by atoms with Gasteiger partial charge in [0.2, 0.25) is 11.8 Å². The van der Waals surface area contributed by atoms with E-state index < -0.39 is 11.9 Å². The average Bonchev–Trinajstić information content (AvgIpc) is 2.86. The van der Waals surface area contributed by atoms with Gasteiger partial charge in [-0.25, -0.2) is 9.97 Å². The molecular weight excluding hydrogens is 458 g/mol. The van der Waals surface area contributed by atoms with Crippen molar-refractivity contribution in [2.24, 2.45) is 5.73 Å². The first-order valence-corrected chi connectivity index (χ1v) is 12.0. The molecule has 10 nitrogen and oxygen atoms in total. The Morgan fingerprint density at radius 2 is 1.86 bits per heavy atom. The van der Waals surface area contributed by atoms with Crippen LogP contribution in [-0.4, -0.2) is 65.3 Å². The number of amides is 3. The highest BCUT2D eigenvalue weighted by atomic mass is 16.2. The summed E-state index contributed by atoms with van der Waals surface area (Å²) in [6, 6.07) is 7.15. The van der Waals surface area contributed by atoms with E-state index in [1.807, 2.05) is 43.1 Å². The summed E-state index contributed by atoms with van der Waals surface area (Å²) in [7, 11) is 3.49. The van der Waals surface area contributed by atoms with E-state index in [0.29, 0.717) is 36.6 Å². The van der Waals surface area contributed by atoms with Crippen molar-refractivity contribution >= 4 is 35.0 Å². The highest BCUT2D eigenvalue weighted by Crippen LogP contribution is 2.25. The third kappa shape index (κ3) is 7.03. The quantitative estimate of drug-likeness (QED) is 0.385. The van der Waals surface area contributed by atoms with Crippen LogP contribution in [0.25, 0.3) is 0 Å². The number of carbonyl (C=O) groups excluding carboxylic acids is 3. The minimum Gasteiger partial charge on any atom is -0.364 e. The van der Waals surface area contributed by atoms with Crippen LogP contribution in [0.1, 0.15) is 49.4 Å². The van der Waals surface area contributed by atoms with E-state index in [9.17, 15) is 14.4 Å². The minimum atomic E-state index is -0.661. The Bertz CT molecular complexity index is 1120. The Labute approximate surface area is 213 Å². The van der Waals surface area contributed by atoms with Crippen LogP contribution in [0.3, 0.4) is 0 Å².